The number of ether oxygens (including phenoxy) is 1. The van der Waals surface area contributed by atoms with Gasteiger partial charge in [0.15, 0.2) is 12.4 Å². The SMILES string of the molecule is O=C(COc1cccnc1[N+](=O)[O-])c1ccc(I)cc1. The molecule has 0 saturated carbocycles. The predicted molar refractivity (Wildman–Crippen MR) is 79.9 cm³/mol. The van der Waals surface area contributed by atoms with Gasteiger partial charge in [-0.15, -0.1) is 0 Å². The highest BCUT2D eigenvalue weighted by atomic mass is 127. The second-order valence-electron chi connectivity index (χ2n) is 3.80. The van der Waals surface area contributed by atoms with E-state index in [9.17, 15) is 14.9 Å². The van der Waals surface area contributed by atoms with Gasteiger partial charge in [-0.25, -0.2) is 0 Å². The molecule has 20 heavy (non-hydrogen) atoms. The van der Waals surface area contributed by atoms with Crippen LogP contribution in [0.25, 0.3) is 0 Å². The van der Waals surface area contributed by atoms with Gasteiger partial charge in [-0.2, -0.15) is 0 Å². The van der Waals surface area contributed by atoms with E-state index in [1.807, 2.05) is 0 Å². The predicted octanol–water partition coefficient (Wildman–Crippen LogP) is 2.86. The Morgan fingerprint density at radius 2 is 2.00 bits per heavy atom. The van der Waals surface area contributed by atoms with Crippen molar-refractivity contribution in [3.8, 4) is 5.75 Å². The van der Waals surface area contributed by atoms with E-state index >= 15 is 0 Å². The summed E-state index contributed by atoms with van der Waals surface area (Å²) in [6.45, 7) is -0.271. The molecule has 102 valence electrons. The third-order valence-corrected chi connectivity index (χ3v) is 3.17. The van der Waals surface area contributed by atoms with E-state index in [0.29, 0.717) is 5.56 Å². The summed E-state index contributed by atoms with van der Waals surface area (Å²) in [5, 5.41) is 10.8. The van der Waals surface area contributed by atoms with Gasteiger partial charge >= 0.3 is 5.82 Å². The van der Waals surface area contributed by atoms with Gasteiger partial charge in [0, 0.05) is 9.13 Å². The average molecular weight is 384 g/mol. The number of nitrogens with zero attached hydrogens (tertiary/aromatic N) is 2. The number of pyridine rings is 1. The lowest BCUT2D eigenvalue weighted by atomic mass is 10.1. The summed E-state index contributed by atoms with van der Waals surface area (Å²) in [6.07, 6.45) is 1.30. The van der Waals surface area contributed by atoms with E-state index in [0.717, 1.165) is 3.57 Å². The van der Waals surface area contributed by atoms with Gasteiger partial charge in [0.25, 0.3) is 0 Å². The molecule has 2 rings (SSSR count). The fourth-order valence-electron chi connectivity index (χ4n) is 1.49. The van der Waals surface area contributed by atoms with Crippen molar-refractivity contribution in [1.29, 1.82) is 0 Å². The molecular formula is C13H9IN2O4. The Labute approximate surface area is 128 Å². The molecule has 0 fully saturated rings. The van der Waals surface area contributed by atoms with Crippen molar-refractivity contribution < 1.29 is 14.5 Å². The maximum absolute atomic E-state index is 11.9. The first-order valence-electron chi connectivity index (χ1n) is 5.59. The summed E-state index contributed by atoms with van der Waals surface area (Å²) < 4.78 is 6.21. The van der Waals surface area contributed by atoms with E-state index < -0.39 is 10.7 Å². The maximum atomic E-state index is 11.9. The highest BCUT2D eigenvalue weighted by Crippen LogP contribution is 2.23. The van der Waals surface area contributed by atoms with Gasteiger partial charge in [-0.05, 0) is 56.8 Å². The van der Waals surface area contributed by atoms with Crippen molar-refractivity contribution in [3.05, 3.63) is 61.8 Å². The number of rotatable bonds is 5. The molecular weight excluding hydrogens is 375 g/mol. The molecule has 0 radical (unpaired) electrons. The van der Waals surface area contributed by atoms with Crippen LogP contribution in [0, 0.1) is 13.7 Å². The van der Waals surface area contributed by atoms with Crippen LogP contribution in [-0.2, 0) is 0 Å². The molecule has 0 aliphatic heterocycles. The second kappa shape index (κ2) is 6.42. The minimum absolute atomic E-state index is 0.0173. The van der Waals surface area contributed by atoms with Crippen LogP contribution in [0.2, 0.25) is 0 Å². The summed E-state index contributed by atoms with van der Waals surface area (Å²) in [7, 11) is 0. The number of hydrogen-bond acceptors (Lipinski definition) is 5. The molecule has 2 aromatic rings. The first kappa shape index (κ1) is 14.4. The topological polar surface area (TPSA) is 82.3 Å². The standard InChI is InChI=1S/C13H9IN2O4/c14-10-5-3-9(4-6-10)11(17)8-20-12-2-1-7-15-13(12)16(18)19/h1-7H,8H2. The number of aromatic nitrogens is 1. The summed E-state index contributed by atoms with van der Waals surface area (Å²) in [6, 6.07) is 9.90. The minimum atomic E-state index is -0.648. The summed E-state index contributed by atoms with van der Waals surface area (Å²) in [5.74, 6) is -0.668. The number of nitro groups is 1. The van der Waals surface area contributed by atoms with Crippen molar-refractivity contribution in [3.63, 3.8) is 0 Å². The Morgan fingerprint density at radius 3 is 2.65 bits per heavy atom. The Balaban J connectivity index is 2.07. The zero-order chi connectivity index (χ0) is 14.5. The molecule has 0 bridgehead atoms. The third-order valence-electron chi connectivity index (χ3n) is 2.45. The summed E-state index contributed by atoms with van der Waals surface area (Å²) >= 11 is 2.14. The third kappa shape index (κ3) is 3.50. The van der Waals surface area contributed by atoms with Crippen molar-refractivity contribution >= 4 is 34.2 Å². The smallest absolute Gasteiger partial charge is 0.406 e. The number of hydrogen-bond donors (Lipinski definition) is 0. The van der Waals surface area contributed by atoms with Gasteiger partial charge in [0.2, 0.25) is 5.75 Å². The molecule has 0 aliphatic carbocycles. The lowest BCUT2D eigenvalue weighted by molar-refractivity contribution is -0.390. The molecule has 0 N–H and O–H groups in total. The molecule has 1 aromatic heterocycles. The quantitative estimate of drug-likeness (QED) is 0.343. The first-order chi connectivity index (χ1) is 9.58. The van der Waals surface area contributed by atoms with Gasteiger partial charge in [-0.3, -0.25) is 4.79 Å². The summed E-state index contributed by atoms with van der Waals surface area (Å²) in [4.78, 5) is 25.6. The highest BCUT2D eigenvalue weighted by Gasteiger charge is 2.17. The maximum Gasteiger partial charge on any atom is 0.406 e. The molecule has 1 heterocycles. The van der Waals surface area contributed by atoms with E-state index in [2.05, 4.69) is 27.6 Å². The molecule has 7 heteroatoms. The number of halogens is 1. The van der Waals surface area contributed by atoms with Crippen LogP contribution in [0.1, 0.15) is 10.4 Å². The van der Waals surface area contributed by atoms with E-state index in [1.54, 1.807) is 24.3 Å². The van der Waals surface area contributed by atoms with Crippen LogP contribution < -0.4 is 4.74 Å². The first-order valence-corrected chi connectivity index (χ1v) is 6.67. The molecule has 0 saturated heterocycles. The minimum Gasteiger partial charge on any atom is -0.477 e. The number of carbonyl (C=O) groups excluding carboxylic acids is 1. The second-order valence-corrected chi connectivity index (χ2v) is 5.05. The van der Waals surface area contributed by atoms with Crippen LogP contribution in [0.15, 0.2) is 42.6 Å². The van der Waals surface area contributed by atoms with E-state index in [-0.39, 0.29) is 18.1 Å². The van der Waals surface area contributed by atoms with Crippen molar-refractivity contribution in [2.24, 2.45) is 0 Å². The Hall–Kier alpha value is -2.03. The molecule has 0 unspecified atom stereocenters. The number of benzene rings is 1. The van der Waals surface area contributed by atoms with E-state index in [1.165, 1.54) is 18.3 Å². The molecule has 0 amide bonds. The Morgan fingerprint density at radius 1 is 1.30 bits per heavy atom. The highest BCUT2D eigenvalue weighted by molar-refractivity contribution is 14.1. The van der Waals surface area contributed by atoms with Crippen LogP contribution in [-0.4, -0.2) is 22.3 Å². The van der Waals surface area contributed by atoms with E-state index in [4.69, 9.17) is 4.74 Å². The lowest BCUT2D eigenvalue weighted by Gasteiger charge is -2.05. The number of ketones is 1. The lowest BCUT2D eigenvalue weighted by Crippen LogP contribution is -2.12. The fourth-order valence-corrected chi connectivity index (χ4v) is 1.85. The molecule has 0 atom stereocenters. The zero-order valence-corrected chi connectivity index (χ0v) is 12.3. The van der Waals surface area contributed by atoms with Gasteiger partial charge in [-0.1, -0.05) is 12.1 Å². The van der Waals surface area contributed by atoms with Crippen LogP contribution in [0.3, 0.4) is 0 Å². The van der Waals surface area contributed by atoms with Crippen LogP contribution in [0.5, 0.6) is 5.75 Å². The van der Waals surface area contributed by atoms with Gasteiger partial charge in [0.1, 0.15) is 6.20 Å². The Bertz CT molecular complexity index is 643. The normalized spacial score (nSPS) is 10.1. The monoisotopic (exact) mass is 384 g/mol. The van der Waals surface area contributed by atoms with Crippen LogP contribution >= 0.6 is 22.6 Å². The zero-order valence-electron chi connectivity index (χ0n) is 10.2. The number of carbonyl (C=O) groups is 1. The largest absolute Gasteiger partial charge is 0.477 e. The Kier molecular flexibility index (Phi) is 4.61. The average Bonchev–Trinajstić information content (AvgIpc) is 2.45. The summed E-state index contributed by atoms with van der Waals surface area (Å²) in [5.41, 5.74) is 0.497. The number of Topliss-reactive ketones (excluding diaryl/α,β-unsaturated/α-hetero) is 1. The van der Waals surface area contributed by atoms with Crippen molar-refractivity contribution in [2.45, 2.75) is 0 Å². The molecule has 6 nitrogen and oxygen atoms in total. The van der Waals surface area contributed by atoms with Crippen LogP contribution in [0.4, 0.5) is 5.82 Å². The van der Waals surface area contributed by atoms with Crippen molar-refractivity contribution in [1.82, 2.24) is 4.98 Å². The molecule has 1 aromatic carbocycles. The fraction of sp³-hybridized carbons (Fsp3) is 0.0769. The molecule has 0 aliphatic rings. The van der Waals surface area contributed by atoms with Gasteiger partial charge in [0.05, 0.1) is 0 Å². The molecule has 0 spiro atoms. The van der Waals surface area contributed by atoms with Crippen molar-refractivity contribution in [2.75, 3.05) is 6.61 Å². The van der Waals surface area contributed by atoms with Gasteiger partial charge < -0.3 is 14.9 Å².